The zero-order chi connectivity index (χ0) is 19.5. The number of fused-ring (bicyclic) bond motifs is 2. The van der Waals surface area contributed by atoms with Crippen LogP contribution in [0.15, 0.2) is 0 Å². The molecule has 0 aromatic carbocycles. The number of carbonyl (C=O) groups excluding carboxylic acids is 1. The van der Waals surface area contributed by atoms with Crippen molar-refractivity contribution in [1.82, 2.24) is 4.90 Å². The molecule has 0 radical (unpaired) electrons. The minimum atomic E-state index is -0.823. The first-order valence-electron chi connectivity index (χ1n) is 10.7. The number of nitrogens with zero attached hydrogens (tertiary/aromatic N) is 1. The monoisotopic (exact) mass is 397 g/mol. The van der Waals surface area contributed by atoms with Gasteiger partial charge in [-0.1, -0.05) is 13.8 Å². The quantitative estimate of drug-likeness (QED) is 0.630. The van der Waals surface area contributed by atoms with Gasteiger partial charge in [-0.15, -0.1) is 0 Å². The van der Waals surface area contributed by atoms with Gasteiger partial charge in [0.05, 0.1) is 13.2 Å². The van der Waals surface area contributed by atoms with E-state index in [9.17, 15) is 4.79 Å². The van der Waals surface area contributed by atoms with E-state index in [-0.39, 0.29) is 17.9 Å². The van der Waals surface area contributed by atoms with E-state index in [4.69, 9.17) is 28.7 Å². The van der Waals surface area contributed by atoms with E-state index in [1.54, 1.807) is 4.90 Å². The molecule has 6 aliphatic rings. The van der Waals surface area contributed by atoms with E-state index < -0.39 is 24.0 Å². The minimum Gasteiger partial charge on any atom is -0.419 e. The van der Waals surface area contributed by atoms with Crippen LogP contribution in [0.3, 0.4) is 0 Å². The highest BCUT2D eigenvalue weighted by molar-refractivity contribution is 5.67. The largest absolute Gasteiger partial charge is 0.419 e. The molecular formula is C20H31NO7. The molecule has 5 heterocycles. The molecule has 2 bridgehead atoms. The van der Waals surface area contributed by atoms with Gasteiger partial charge in [0.25, 0.3) is 0 Å². The lowest BCUT2D eigenvalue weighted by Gasteiger charge is -2.59. The Morgan fingerprint density at radius 3 is 2.64 bits per heavy atom. The molecule has 8 nitrogen and oxygen atoms in total. The molecule has 1 saturated carbocycles. The number of amides is 1. The normalized spacial score (nSPS) is 50.6. The van der Waals surface area contributed by atoms with Crippen molar-refractivity contribution in [3.63, 3.8) is 0 Å². The highest BCUT2D eigenvalue weighted by Gasteiger charge is 2.69. The average Bonchev–Trinajstić information content (AvgIpc) is 2.92. The minimum absolute atomic E-state index is 0.00843. The van der Waals surface area contributed by atoms with E-state index in [0.717, 1.165) is 25.7 Å². The molecule has 6 rings (SSSR count). The van der Waals surface area contributed by atoms with Crippen molar-refractivity contribution in [1.29, 1.82) is 0 Å². The van der Waals surface area contributed by atoms with Crippen molar-refractivity contribution in [2.24, 2.45) is 23.7 Å². The van der Waals surface area contributed by atoms with Gasteiger partial charge in [0.2, 0.25) is 12.1 Å². The fourth-order valence-corrected chi connectivity index (χ4v) is 5.93. The number of carbonyl (C=O) groups is 1. The van der Waals surface area contributed by atoms with Crippen LogP contribution in [-0.4, -0.2) is 61.3 Å². The van der Waals surface area contributed by atoms with Gasteiger partial charge in [0.1, 0.15) is 0 Å². The number of hydrogen-bond donors (Lipinski definition) is 0. The van der Waals surface area contributed by atoms with Crippen LogP contribution in [0.2, 0.25) is 0 Å². The van der Waals surface area contributed by atoms with Crippen LogP contribution in [0, 0.1) is 23.7 Å². The first-order valence-corrected chi connectivity index (χ1v) is 10.7. The van der Waals surface area contributed by atoms with Crippen molar-refractivity contribution in [3.05, 3.63) is 0 Å². The Labute approximate surface area is 165 Å². The van der Waals surface area contributed by atoms with Crippen molar-refractivity contribution >= 4 is 6.09 Å². The summed E-state index contributed by atoms with van der Waals surface area (Å²) in [4.78, 5) is 26.3. The maximum atomic E-state index is 12.7. The maximum Gasteiger partial charge on any atom is 0.412 e. The highest BCUT2D eigenvalue weighted by Crippen LogP contribution is 2.60. The van der Waals surface area contributed by atoms with Gasteiger partial charge in [0, 0.05) is 31.3 Å². The van der Waals surface area contributed by atoms with Gasteiger partial charge in [-0.3, -0.25) is 0 Å². The van der Waals surface area contributed by atoms with Crippen molar-refractivity contribution < 1.29 is 33.5 Å². The summed E-state index contributed by atoms with van der Waals surface area (Å²) >= 11 is 0. The second kappa shape index (κ2) is 6.80. The van der Waals surface area contributed by atoms with Gasteiger partial charge in [-0.2, -0.15) is 0 Å². The zero-order valence-electron chi connectivity index (χ0n) is 16.9. The summed E-state index contributed by atoms with van der Waals surface area (Å²) in [5, 5.41) is 0. The molecule has 8 atom stereocenters. The van der Waals surface area contributed by atoms with E-state index in [0.29, 0.717) is 38.1 Å². The number of morpholine rings is 1. The highest BCUT2D eigenvalue weighted by atomic mass is 17.3. The summed E-state index contributed by atoms with van der Waals surface area (Å²) in [6, 6.07) is 0. The standard InChI is InChI=1S/C20H31NO7/c1-12-4-5-15-13(2)16(25-18(22)21-8-10-23-11-9-21)24-17-20(15)14(12)6-7-19(3,26-17)27-28-20/h12-17H,4-11H2,1-3H3/t12-,13-,14+,15+,16-,17-,19-,20-/m1/s1. The molecule has 5 aliphatic heterocycles. The molecule has 0 aromatic heterocycles. The third-order valence-electron chi connectivity index (χ3n) is 7.58. The molecular weight excluding hydrogens is 366 g/mol. The fourth-order valence-electron chi connectivity index (χ4n) is 5.93. The summed E-state index contributed by atoms with van der Waals surface area (Å²) in [5.74, 6) is 0.133. The summed E-state index contributed by atoms with van der Waals surface area (Å²) in [5.41, 5.74) is -0.630. The molecule has 0 aromatic rings. The van der Waals surface area contributed by atoms with Gasteiger partial charge in [-0.05, 0) is 38.0 Å². The molecule has 0 unspecified atom stereocenters. The Balaban J connectivity index is 1.41. The van der Waals surface area contributed by atoms with Crippen molar-refractivity contribution in [2.75, 3.05) is 26.3 Å². The predicted octanol–water partition coefficient (Wildman–Crippen LogP) is 2.66. The van der Waals surface area contributed by atoms with Crippen LogP contribution in [0.1, 0.15) is 46.5 Å². The summed E-state index contributed by atoms with van der Waals surface area (Å²) in [6.07, 6.45) is 2.26. The lowest BCUT2D eigenvalue weighted by atomic mass is 9.58. The van der Waals surface area contributed by atoms with Crippen LogP contribution in [-0.2, 0) is 28.7 Å². The molecule has 158 valence electrons. The summed E-state index contributed by atoms with van der Waals surface area (Å²) in [6.45, 7) is 8.43. The van der Waals surface area contributed by atoms with Crippen LogP contribution >= 0.6 is 0 Å². The molecule has 6 fully saturated rings. The Morgan fingerprint density at radius 2 is 1.86 bits per heavy atom. The topological polar surface area (TPSA) is 75.7 Å². The lowest BCUT2D eigenvalue weighted by Crippen LogP contribution is -2.70. The first-order chi connectivity index (χ1) is 13.4. The number of rotatable bonds is 1. The Kier molecular flexibility index (Phi) is 4.63. The van der Waals surface area contributed by atoms with E-state index >= 15 is 0 Å². The molecule has 1 aliphatic carbocycles. The Morgan fingerprint density at radius 1 is 1.07 bits per heavy atom. The van der Waals surface area contributed by atoms with E-state index in [1.807, 2.05) is 6.92 Å². The van der Waals surface area contributed by atoms with E-state index in [1.165, 1.54) is 0 Å². The van der Waals surface area contributed by atoms with Gasteiger partial charge < -0.3 is 23.8 Å². The predicted molar refractivity (Wildman–Crippen MR) is 95.7 cm³/mol. The Bertz CT molecular complexity index is 626. The van der Waals surface area contributed by atoms with Gasteiger partial charge in [-0.25, -0.2) is 14.6 Å². The second-order valence-corrected chi connectivity index (χ2v) is 9.26. The average molecular weight is 397 g/mol. The number of ether oxygens (including phenoxy) is 4. The van der Waals surface area contributed by atoms with Crippen LogP contribution in [0.4, 0.5) is 4.79 Å². The first kappa shape index (κ1) is 19.1. The van der Waals surface area contributed by atoms with Crippen molar-refractivity contribution in [3.8, 4) is 0 Å². The maximum absolute atomic E-state index is 12.7. The molecule has 8 heteroatoms. The summed E-state index contributed by atoms with van der Waals surface area (Å²) in [7, 11) is 0. The van der Waals surface area contributed by atoms with Crippen molar-refractivity contribution in [2.45, 2.75) is 70.4 Å². The van der Waals surface area contributed by atoms with Gasteiger partial charge >= 0.3 is 6.09 Å². The summed E-state index contributed by atoms with van der Waals surface area (Å²) < 4.78 is 23.7. The molecule has 28 heavy (non-hydrogen) atoms. The third-order valence-corrected chi connectivity index (χ3v) is 7.58. The Hall–Kier alpha value is -0.930. The lowest BCUT2D eigenvalue weighted by molar-refractivity contribution is -0.576. The second-order valence-electron chi connectivity index (χ2n) is 9.26. The molecule has 1 spiro atoms. The molecule has 1 amide bonds. The van der Waals surface area contributed by atoms with Crippen LogP contribution in [0.25, 0.3) is 0 Å². The van der Waals surface area contributed by atoms with Crippen LogP contribution in [0.5, 0.6) is 0 Å². The fraction of sp³-hybridized carbons (Fsp3) is 0.950. The SMILES string of the molecule is C[C@H]1[C@@H](OC(=O)N2CCOCC2)O[C@@H]2O[C@@]3(C)CC[C@H]4[C@H](C)CC[C@@H]1[C@@]24OO3. The third kappa shape index (κ3) is 2.80. The smallest absolute Gasteiger partial charge is 0.412 e. The number of hydrogen-bond acceptors (Lipinski definition) is 7. The zero-order valence-corrected chi connectivity index (χ0v) is 16.9. The van der Waals surface area contributed by atoms with Gasteiger partial charge in [0.15, 0.2) is 11.9 Å². The molecule has 0 N–H and O–H groups in total. The van der Waals surface area contributed by atoms with E-state index in [2.05, 4.69) is 13.8 Å². The van der Waals surface area contributed by atoms with Crippen LogP contribution < -0.4 is 0 Å². The molecule has 5 saturated heterocycles.